The van der Waals surface area contributed by atoms with Gasteiger partial charge in [-0.1, -0.05) is 0 Å². The van der Waals surface area contributed by atoms with Crippen LogP contribution in [0.15, 0.2) is 0 Å². The Balaban J connectivity index is -0.00000000667. The van der Waals surface area contributed by atoms with Crippen LogP contribution in [-0.2, 0) is 0 Å². The van der Waals surface area contributed by atoms with E-state index in [1.54, 1.807) is 0 Å². The number of rotatable bonds is 0. The van der Waals surface area contributed by atoms with Gasteiger partial charge in [-0.3, -0.25) is 0 Å². The molecule has 0 aromatic rings. The Hall–Kier alpha value is 1.25. The zero-order valence-electron chi connectivity index (χ0n) is 2.02. The van der Waals surface area contributed by atoms with Crippen molar-refractivity contribution in [2.45, 2.75) is 0 Å². The molecule has 0 aliphatic carbocycles. The summed E-state index contributed by atoms with van der Waals surface area (Å²) in [5.74, 6) is 0. The second-order valence-corrected chi connectivity index (χ2v) is 0.129. The molecule has 0 aromatic heterocycles. The maximum absolute atomic E-state index is 7.10. The van der Waals surface area contributed by atoms with Crippen molar-refractivity contribution in [3.05, 3.63) is 0 Å². The molecule has 4 N–H and O–H groups in total. The first-order valence-electron chi connectivity index (χ1n) is 0.512. The molecule has 3 nitrogen and oxygen atoms in total. The van der Waals surface area contributed by atoms with Crippen molar-refractivity contribution in [2.75, 3.05) is 0 Å². The van der Waals surface area contributed by atoms with Gasteiger partial charge in [-0.05, 0) is 0 Å². The van der Waals surface area contributed by atoms with Gasteiger partial charge in [-0.25, -0.2) is 0 Å². The summed E-state index contributed by atoms with van der Waals surface area (Å²) in [6, 6.07) is 0. The van der Waals surface area contributed by atoms with E-state index in [-0.39, 0.29) is 64.6 Å². The molecule has 0 aromatic carbocycles. The minimum absolute atomic E-state index is 0. The summed E-state index contributed by atoms with van der Waals surface area (Å²) in [4.78, 5) is 0. The van der Waals surface area contributed by atoms with Gasteiger partial charge < -0.3 is 11.2 Å². The van der Waals surface area contributed by atoms with Crippen LogP contribution in [0.5, 0.6) is 0 Å². The van der Waals surface area contributed by atoms with E-state index < -0.39 is 0 Å². The first-order chi connectivity index (χ1) is 1.41. The second kappa shape index (κ2) is 34.0. The van der Waals surface area contributed by atoms with Crippen LogP contribution in [0.3, 0.4) is 0 Å². The number of nitrogens with two attached hydrogens (primary N) is 1. The van der Waals surface area contributed by atoms with Crippen molar-refractivity contribution in [3.63, 3.8) is 0 Å². The Morgan fingerprint density at radius 3 is 1.33 bits per heavy atom. The third-order valence-corrected chi connectivity index (χ3v) is 0. The molecule has 0 bridgehead atoms. The molecule has 0 fully saturated rings. The van der Waals surface area contributed by atoms with Crippen molar-refractivity contribution in [1.29, 1.82) is 5.26 Å². The van der Waals surface area contributed by atoms with Gasteiger partial charge in [0.1, 0.15) is 0 Å². The third-order valence-electron chi connectivity index (χ3n) is 0. The third kappa shape index (κ3) is 60.7. The Labute approximate surface area is 80.8 Å². The molecule has 0 saturated carbocycles. The van der Waals surface area contributed by atoms with Gasteiger partial charge in [-0.2, -0.15) is 5.26 Å². The quantitative estimate of drug-likeness (QED) is 0.208. The Morgan fingerprint density at radius 1 is 1.33 bits per heavy atom. The first kappa shape index (κ1) is 26.8. The van der Waals surface area contributed by atoms with E-state index in [4.69, 9.17) is 5.26 Å². The van der Waals surface area contributed by atoms with Gasteiger partial charge in [0, 0.05) is 0 Å². The molecule has 0 atom stereocenters. The molecule has 0 amide bonds. The van der Waals surface area contributed by atoms with E-state index in [2.05, 4.69) is 5.73 Å². The van der Waals surface area contributed by atoms with Crippen LogP contribution in [0, 0.1) is 11.5 Å². The molecule has 0 heterocycles. The fourth-order valence-electron chi connectivity index (χ4n) is 0. The van der Waals surface area contributed by atoms with E-state index >= 15 is 0 Å². The Kier molecular flexibility index (Phi) is 152. The standard InChI is InChI=1S/CH2N2.2Na.H2O.2H/c2-1-3;;;;;/h2H2;;;1H2;;. The zero-order valence-corrected chi connectivity index (χ0v) is 2.02. The van der Waals surface area contributed by atoms with Crippen molar-refractivity contribution in [2.24, 2.45) is 5.73 Å². The van der Waals surface area contributed by atoms with Gasteiger partial charge in [0.15, 0.2) is 6.19 Å². The minimum atomic E-state index is 0. The van der Waals surface area contributed by atoms with Crippen molar-refractivity contribution < 1.29 is 5.48 Å². The topological polar surface area (TPSA) is 81.3 Å². The van der Waals surface area contributed by atoms with Crippen LogP contribution in [0.2, 0.25) is 0 Å². The molecule has 0 spiro atoms. The van der Waals surface area contributed by atoms with Gasteiger partial charge in [0.25, 0.3) is 0 Å². The molecular weight excluding hydrogens is 102 g/mol. The molecule has 5 heteroatoms. The van der Waals surface area contributed by atoms with E-state index in [9.17, 15) is 0 Å². The van der Waals surface area contributed by atoms with E-state index in [0.29, 0.717) is 0 Å². The number of nitrogens with zero attached hydrogens (tertiary/aromatic N) is 1. The van der Waals surface area contributed by atoms with Crippen LogP contribution in [-0.4, -0.2) is 64.6 Å². The van der Waals surface area contributed by atoms with Gasteiger partial charge in [0.2, 0.25) is 0 Å². The first-order valence-corrected chi connectivity index (χ1v) is 0.512. The summed E-state index contributed by atoms with van der Waals surface area (Å²) in [5.41, 5.74) is 4.15. The van der Waals surface area contributed by atoms with Crippen LogP contribution in [0.1, 0.15) is 0 Å². The average Bonchev–Trinajstić information content (AvgIpc) is 0.918. The van der Waals surface area contributed by atoms with E-state index in [1.807, 2.05) is 0 Å². The molecule has 0 rings (SSSR count). The fourth-order valence-corrected chi connectivity index (χ4v) is 0. The summed E-state index contributed by atoms with van der Waals surface area (Å²) in [5, 5.41) is 7.10. The fraction of sp³-hybridized carbons (Fsp3) is 0. The molecule has 6 heavy (non-hydrogen) atoms. The van der Waals surface area contributed by atoms with Gasteiger partial charge in [0.05, 0.1) is 0 Å². The predicted octanol–water partition coefficient (Wildman–Crippen LogP) is -2.70. The van der Waals surface area contributed by atoms with E-state index in [0.717, 1.165) is 0 Å². The number of hydrogen-bond acceptors (Lipinski definition) is 2. The summed E-state index contributed by atoms with van der Waals surface area (Å²) < 4.78 is 0. The molecular formula is CH6N2Na2O. The normalized spacial score (nSPS) is 1.17. The monoisotopic (exact) mass is 108 g/mol. The Morgan fingerprint density at radius 2 is 1.33 bits per heavy atom. The number of nitriles is 1. The predicted molar refractivity (Wildman–Crippen MR) is 27.7 cm³/mol. The molecule has 0 aliphatic heterocycles. The van der Waals surface area contributed by atoms with E-state index in [1.165, 1.54) is 6.19 Å². The van der Waals surface area contributed by atoms with Crippen LogP contribution >= 0.6 is 0 Å². The van der Waals surface area contributed by atoms with Crippen molar-refractivity contribution in [3.8, 4) is 6.19 Å². The zero-order chi connectivity index (χ0) is 2.71. The van der Waals surface area contributed by atoms with Gasteiger partial charge in [-0.15, -0.1) is 0 Å². The summed E-state index contributed by atoms with van der Waals surface area (Å²) in [7, 11) is 0. The van der Waals surface area contributed by atoms with Crippen molar-refractivity contribution >= 4 is 59.1 Å². The molecule has 28 valence electrons. The molecule has 0 saturated heterocycles. The summed E-state index contributed by atoms with van der Waals surface area (Å²) >= 11 is 0. The molecule has 0 aliphatic rings. The second-order valence-electron chi connectivity index (χ2n) is 0.129. The van der Waals surface area contributed by atoms with Crippen molar-refractivity contribution in [1.82, 2.24) is 0 Å². The van der Waals surface area contributed by atoms with Gasteiger partial charge >= 0.3 is 59.1 Å². The molecule has 0 radical (unpaired) electrons. The van der Waals surface area contributed by atoms with Crippen LogP contribution in [0.4, 0.5) is 0 Å². The molecule has 0 unspecified atom stereocenters. The Bertz CT molecular complexity index is 33.0. The summed E-state index contributed by atoms with van der Waals surface area (Å²) in [6.07, 6.45) is 1.25. The van der Waals surface area contributed by atoms with Crippen LogP contribution < -0.4 is 5.73 Å². The number of hydrogen-bond donors (Lipinski definition) is 1. The SMILES string of the molecule is N#CN.O.[NaH].[NaH]. The van der Waals surface area contributed by atoms with Crippen LogP contribution in [0.25, 0.3) is 0 Å². The summed E-state index contributed by atoms with van der Waals surface area (Å²) in [6.45, 7) is 0. The average molecular weight is 108 g/mol. The maximum atomic E-state index is 7.10.